The van der Waals surface area contributed by atoms with Gasteiger partial charge in [-0.3, -0.25) is 14.4 Å². The van der Waals surface area contributed by atoms with E-state index in [0.29, 0.717) is 42.8 Å². The predicted molar refractivity (Wildman–Crippen MR) is 82.0 cm³/mol. The van der Waals surface area contributed by atoms with Crippen molar-refractivity contribution in [2.24, 2.45) is 34.5 Å². The van der Waals surface area contributed by atoms with Gasteiger partial charge in [0.15, 0.2) is 5.78 Å². The number of Topliss-reactive ketones (excluding diaryl/α,β-unsaturated/α-hetero) is 2. The SMILES string of the molecule is C[C@]12C=CC(=O)C[C@@H]1CC[C@H]1[C@@H]2C(=O)C[C@]2(C)C(=O)CC[C@@H]12. The first-order valence-electron chi connectivity index (χ1n) is 8.64. The van der Waals surface area contributed by atoms with Gasteiger partial charge in [0.1, 0.15) is 11.6 Å². The molecule has 0 aromatic heterocycles. The highest BCUT2D eigenvalue weighted by molar-refractivity contribution is 5.96. The molecule has 3 nitrogen and oxygen atoms in total. The Morgan fingerprint density at radius 3 is 2.64 bits per heavy atom. The summed E-state index contributed by atoms with van der Waals surface area (Å²) in [5.74, 6) is 1.78. The summed E-state index contributed by atoms with van der Waals surface area (Å²) in [4.78, 5) is 37.1. The first kappa shape index (κ1) is 14.3. The Hall–Kier alpha value is -1.25. The summed E-state index contributed by atoms with van der Waals surface area (Å²) in [5.41, 5.74) is -0.587. The summed E-state index contributed by atoms with van der Waals surface area (Å²) in [6.45, 7) is 4.20. The van der Waals surface area contributed by atoms with Crippen LogP contribution >= 0.6 is 0 Å². The third kappa shape index (κ3) is 1.65. The van der Waals surface area contributed by atoms with Crippen LogP contribution < -0.4 is 0 Å². The number of hydrogen-bond donors (Lipinski definition) is 0. The molecular formula is C19H24O3. The number of hydrogen-bond acceptors (Lipinski definition) is 3. The molecule has 0 radical (unpaired) electrons. The van der Waals surface area contributed by atoms with Crippen molar-refractivity contribution in [2.75, 3.05) is 0 Å². The lowest BCUT2D eigenvalue weighted by atomic mass is 9.46. The molecule has 0 bridgehead atoms. The first-order chi connectivity index (χ1) is 10.4. The summed E-state index contributed by atoms with van der Waals surface area (Å²) in [7, 11) is 0. The third-order valence-electron chi connectivity index (χ3n) is 7.45. The van der Waals surface area contributed by atoms with Crippen LogP contribution in [0.25, 0.3) is 0 Å². The number of allylic oxidation sites excluding steroid dienone is 2. The standard InChI is InChI=1S/C19H24O3/c1-18-8-7-12(20)9-11(18)3-4-13-14-5-6-16(22)19(14,2)10-15(21)17(13)18/h7-8,11,13-14,17H,3-6,9-10H2,1-2H3/t11-,13+,14-,17+,18-,19-/m0/s1. The maximum absolute atomic E-state index is 13.0. The van der Waals surface area contributed by atoms with Crippen LogP contribution in [0.2, 0.25) is 0 Å². The topological polar surface area (TPSA) is 51.2 Å². The maximum Gasteiger partial charge on any atom is 0.155 e. The second-order valence-corrected chi connectivity index (χ2v) is 8.41. The lowest BCUT2D eigenvalue weighted by molar-refractivity contribution is -0.154. The molecule has 0 saturated heterocycles. The molecule has 4 aliphatic rings. The van der Waals surface area contributed by atoms with E-state index >= 15 is 0 Å². The lowest BCUT2D eigenvalue weighted by Gasteiger charge is -2.56. The second kappa shape index (κ2) is 4.39. The normalized spacial score (nSPS) is 50.5. The van der Waals surface area contributed by atoms with E-state index in [4.69, 9.17) is 0 Å². The highest BCUT2D eigenvalue weighted by Gasteiger charge is 2.62. The van der Waals surface area contributed by atoms with Gasteiger partial charge < -0.3 is 0 Å². The van der Waals surface area contributed by atoms with Crippen LogP contribution in [-0.2, 0) is 14.4 Å². The fourth-order valence-electron chi connectivity index (χ4n) is 6.24. The molecule has 3 saturated carbocycles. The van der Waals surface area contributed by atoms with Gasteiger partial charge >= 0.3 is 0 Å². The molecule has 118 valence electrons. The van der Waals surface area contributed by atoms with Crippen molar-refractivity contribution in [1.82, 2.24) is 0 Å². The molecule has 3 fully saturated rings. The van der Waals surface area contributed by atoms with Crippen LogP contribution in [0, 0.1) is 34.5 Å². The van der Waals surface area contributed by atoms with Crippen LogP contribution in [-0.4, -0.2) is 17.3 Å². The van der Waals surface area contributed by atoms with Gasteiger partial charge in [0.2, 0.25) is 0 Å². The van der Waals surface area contributed by atoms with Gasteiger partial charge in [0.25, 0.3) is 0 Å². The number of rotatable bonds is 0. The number of carbonyl (C=O) groups excluding carboxylic acids is 3. The van der Waals surface area contributed by atoms with E-state index < -0.39 is 5.41 Å². The summed E-state index contributed by atoms with van der Waals surface area (Å²) in [6.07, 6.45) is 8.34. The van der Waals surface area contributed by atoms with Gasteiger partial charge in [-0.25, -0.2) is 0 Å². The molecule has 3 heteroatoms. The maximum atomic E-state index is 13.0. The van der Waals surface area contributed by atoms with E-state index in [2.05, 4.69) is 6.92 Å². The van der Waals surface area contributed by atoms with Gasteiger partial charge in [-0.2, -0.15) is 0 Å². The highest BCUT2D eigenvalue weighted by Crippen LogP contribution is 2.63. The monoisotopic (exact) mass is 300 g/mol. The minimum Gasteiger partial charge on any atom is -0.299 e. The number of fused-ring (bicyclic) bond motifs is 5. The van der Waals surface area contributed by atoms with Crippen molar-refractivity contribution in [3.8, 4) is 0 Å². The van der Waals surface area contributed by atoms with E-state index in [1.165, 1.54) is 0 Å². The van der Waals surface area contributed by atoms with E-state index in [-0.39, 0.29) is 22.9 Å². The van der Waals surface area contributed by atoms with Crippen molar-refractivity contribution in [3.05, 3.63) is 12.2 Å². The molecule has 22 heavy (non-hydrogen) atoms. The molecule has 0 aliphatic heterocycles. The van der Waals surface area contributed by atoms with Crippen LogP contribution in [0.4, 0.5) is 0 Å². The van der Waals surface area contributed by atoms with E-state index in [0.717, 1.165) is 19.3 Å². The van der Waals surface area contributed by atoms with Gasteiger partial charge in [-0.05, 0) is 48.5 Å². The molecule has 6 atom stereocenters. The number of ketones is 3. The zero-order valence-corrected chi connectivity index (χ0v) is 13.4. The molecule has 4 aliphatic carbocycles. The quantitative estimate of drug-likeness (QED) is 0.690. The second-order valence-electron chi connectivity index (χ2n) is 8.41. The molecule has 4 rings (SSSR count). The zero-order chi connectivity index (χ0) is 15.7. The zero-order valence-electron chi connectivity index (χ0n) is 13.4. The van der Waals surface area contributed by atoms with Crippen LogP contribution in [0.15, 0.2) is 12.2 Å². The van der Waals surface area contributed by atoms with E-state index in [9.17, 15) is 14.4 Å². The Bertz CT molecular complexity index is 604. The molecule has 0 heterocycles. The summed E-state index contributed by atoms with van der Waals surface area (Å²) in [6, 6.07) is 0. The summed E-state index contributed by atoms with van der Waals surface area (Å²) >= 11 is 0. The van der Waals surface area contributed by atoms with Gasteiger partial charge in [-0.1, -0.05) is 19.9 Å². The minimum atomic E-state index is -0.407. The molecular weight excluding hydrogens is 276 g/mol. The smallest absolute Gasteiger partial charge is 0.155 e. The van der Waals surface area contributed by atoms with Crippen molar-refractivity contribution < 1.29 is 14.4 Å². The van der Waals surface area contributed by atoms with Gasteiger partial charge in [0.05, 0.1) is 0 Å². The Labute approximate surface area is 131 Å². The van der Waals surface area contributed by atoms with Gasteiger partial charge in [0, 0.05) is 30.6 Å². The average Bonchev–Trinajstić information content (AvgIpc) is 2.75. The summed E-state index contributed by atoms with van der Waals surface area (Å²) in [5, 5.41) is 0. The van der Waals surface area contributed by atoms with Crippen molar-refractivity contribution in [1.29, 1.82) is 0 Å². The Balaban J connectivity index is 1.77. The molecule has 0 spiro atoms. The van der Waals surface area contributed by atoms with E-state index in [1.807, 2.05) is 13.0 Å². The molecule has 0 aromatic rings. The molecule has 0 unspecified atom stereocenters. The average molecular weight is 300 g/mol. The highest BCUT2D eigenvalue weighted by atomic mass is 16.1. The lowest BCUT2D eigenvalue weighted by Crippen LogP contribution is -2.56. The van der Waals surface area contributed by atoms with Crippen LogP contribution in [0.3, 0.4) is 0 Å². The summed E-state index contributed by atoms with van der Waals surface area (Å²) < 4.78 is 0. The van der Waals surface area contributed by atoms with Crippen molar-refractivity contribution in [3.63, 3.8) is 0 Å². The van der Waals surface area contributed by atoms with Crippen molar-refractivity contribution in [2.45, 2.75) is 52.4 Å². The fraction of sp³-hybridized carbons (Fsp3) is 0.737. The van der Waals surface area contributed by atoms with Crippen LogP contribution in [0.1, 0.15) is 52.4 Å². The molecule has 0 N–H and O–H groups in total. The van der Waals surface area contributed by atoms with E-state index in [1.54, 1.807) is 6.08 Å². The molecule has 0 amide bonds. The van der Waals surface area contributed by atoms with Gasteiger partial charge in [-0.15, -0.1) is 0 Å². The fourth-order valence-corrected chi connectivity index (χ4v) is 6.24. The molecule has 0 aromatic carbocycles. The van der Waals surface area contributed by atoms with Crippen LogP contribution in [0.5, 0.6) is 0 Å². The predicted octanol–water partition coefficient (Wildman–Crippen LogP) is 3.12. The largest absolute Gasteiger partial charge is 0.299 e. The Morgan fingerprint density at radius 2 is 1.86 bits per heavy atom. The van der Waals surface area contributed by atoms with Crippen molar-refractivity contribution >= 4 is 17.3 Å². The minimum absolute atomic E-state index is 0.0135. The first-order valence-corrected chi connectivity index (χ1v) is 8.64. The Kier molecular flexibility index (Phi) is 2.87. The number of carbonyl (C=O) groups is 3. The third-order valence-corrected chi connectivity index (χ3v) is 7.45. The Morgan fingerprint density at radius 1 is 1.09 bits per heavy atom.